The predicted octanol–water partition coefficient (Wildman–Crippen LogP) is 1.21. The van der Waals surface area contributed by atoms with E-state index < -0.39 is 0 Å². The summed E-state index contributed by atoms with van der Waals surface area (Å²) in [6.45, 7) is 0. The minimum atomic E-state index is 0.0831. The fourth-order valence-electron chi connectivity index (χ4n) is 0.978. The highest BCUT2D eigenvalue weighted by Gasteiger charge is 2.06. The largest absolute Gasteiger partial charge is 0.409 e. The number of anilines is 1. The van der Waals surface area contributed by atoms with Gasteiger partial charge in [0.25, 0.3) is 0 Å². The van der Waals surface area contributed by atoms with Crippen LogP contribution in [0.2, 0.25) is 5.02 Å². The second-order valence-electron chi connectivity index (χ2n) is 2.58. The molecule has 0 saturated heterocycles. The fraction of sp³-hybridized carbons (Fsp3) is 0.125. The summed E-state index contributed by atoms with van der Waals surface area (Å²) in [5, 5.41) is 11.7. The van der Waals surface area contributed by atoms with E-state index in [2.05, 4.69) is 5.16 Å². The monoisotopic (exact) mass is 199 g/mol. The Hall–Kier alpha value is -1.42. The SMILES string of the molecule is NC(Cc1c(N)cccc1Cl)=NO. The number of amidine groups is 1. The molecule has 0 heterocycles. The number of oxime groups is 1. The molecule has 70 valence electrons. The molecule has 0 aromatic heterocycles. The van der Waals surface area contributed by atoms with Crippen LogP contribution in [0.1, 0.15) is 5.56 Å². The van der Waals surface area contributed by atoms with Crippen LogP contribution in [0.15, 0.2) is 23.4 Å². The molecule has 1 aromatic carbocycles. The summed E-state index contributed by atoms with van der Waals surface area (Å²) in [4.78, 5) is 0. The molecule has 0 aliphatic heterocycles. The molecule has 0 bridgehead atoms. The Morgan fingerprint density at radius 2 is 2.23 bits per heavy atom. The van der Waals surface area contributed by atoms with Gasteiger partial charge < -0.3 is 16.7 Å². The van der Waals surface area contributed by atoms with Gasteiger partial charge in [0.2, 0.25) is 0 Å². The molecule has 0 unspecified atom stereocenters. The van der Waals surface area contributed by atoms with E-state index in [-0.39, 0.29) is 12.3 Å². The molecule has 5 N–H and O–H groups in total. The molecule has 0 fully saturated rings. The Balaban J connectivity index is 3.00. The normalized spacial score (nSPS) is 11.6. The Morgan fingerprint density at radius 1 is 1.54 bits per heavy atom. The molecule has 5 heteroatoms. The predicted molar refractivity (Wildman–Crippen MR) is 53.0 cm³/mol. The van der Waals surface area contributed by atoms with Crippen LogP contribution < -0.4 is 11.5 Å². The van der Waals surface area contributed by atoms with E-state index in [0.29, 0.717) is 16.3 Å². The van der Waals surface area contributed by atoms with Crippen LogP contribution in [0.3, 0.4) is 0 Å². The average Bonchev–Trinajstić information content (AvgIpc) is 2.11. The van der Waals surface area contributed by atoms with Crippen LogP contribution in [0, 0.1) is 0 Å². The minimum absolute atomic E-state index is 0.0831. The maximum absolute atomic E-state index is 8.36. The average molecular weight is 200 g/mol. The maximum atomic E-state index is 8.36. The van der Waals surface area contributed by atoms with Crippen molar-refractivity contribution in [2.45, 2.75) is 6.42 Å². The summed E-state index contributed by atoms with van der Waals surface area (Å²) in [5.41, 5.74) is 12.2. The van der Waals surface area contributed by atoms with Crippen LogP contribution >= 0.6 is 11.6 Å². The first kappa shape index (κ1) is 9.67. The van der Waals surface area contributed by atoms with Gasteiger partial charge in [-0.2, -0.15) is 0 Å². The summed E-state index contributed by atoms with van der Waals surface area (Å²) in [6, 6.07) is 5.16. The molecule has 0 aliphatic rings. The van der Waals surface area contributed by atoms with Crippen molar-refractivity contribution in [2.75, 3.05) is 5.73 Å². The molecule has 1 aromatic rings. The fourth-order valence-corrected chi connectivity index (χ4v) is 1.23. The third-order valence-electron chi connectivity index (χ3n) is 1.64. The number of nitrogen functional groups attached to an aromatic ring is 1. The van der Waals surface area contributed by atoms with Crippen molar-refractivity contribution in [1.82, 2.24) is 0 Å². The van der Waals surface area contributed by atoms with Crippen molar-refractivity contribution < 1.29 is 5.21 Å². The number of rotatable bonds is 2. The first-order valence-electron chi connectivity index (χ1n) is 3.64. The van der Waals surface area contributed by atoms with E-state index >= 15 is 0 Å². The summed E-state index contributed by atoms with van der Waals surface area (Å²) in [5.74, 6) is 0.0831. The van der Waals surface area contributed by atoms with Gasteiger partial charge in [-0.1, -0.05) is 22.8 Å². The molecule has 0 aliphatic carbocycles. The maximum Gasteiger partial charge on any atom is 0.143 e. The summed E-state index contributed by atoms with van der Waals surface area (Å²) in [6.07, 6.45) is 0.252. The molecule has 0 amide bonds. The van der Waals surface area contributed by atoms with Gasteiger partial charge in [0, 0.05) is 22.7 Å². The van der Waals surface area contributed by atoms with Gasteiger partial charge in [-0.15, -0.1) is 0 Å². The van der Waals surface area contributed by atoms with Gasteiger partial charge in [0.15, 0.2) is 0 Å². The first-order chi connectivity index (χ1) is 6.15. The zero-order valence-corrected chi connectivity index (χ0v) is 7.62. The smallest absolute Gasteiger partial charge is 0.143 e. The van der Waals surface area contributed by atoms with Gasteiger partial charge in [-0.3, -0.25) is 0 Å². The lowest BCUT2D eigenvalue weighted by Crippen LogP contribution is -2.15. The van der Waals surface area contributed by atoms with Gasteiger partial charge in [-0.05, 0) is 12.1 Å². The van der Waals surface area contributed by atoms with Crippen molar-refractivity contribution in [3.05, 3.63) is 28.8 Å². The van der Waals surface area contributed by atoms with Crippen molar-refractivity contribution in [3.8, 4) is 0 Å². The Morgan fingerprint density at radius 3 is 2.77 bits per heavy atom. The lowest BCUT2D eigenvalue weighted by atomic mass is 10.1. The van der Waals surface area contributed by atoms with E-state index in [9.17, 15) is 0 Å². The molecular formula is C8H10ClN3O. The third-order valence-corrected chi connectivity index (χ3v) is 2.00. The molecule has 0 atom stereocenters. The molecule has 1 rings (SSSR count). The van der Waals surface area contributed by atoms with Crippen molar-refractivity contribution >= 4 is 23.1 Å². The summed E-state index contributed by atoms with van der Waals surface area (Å²) in [7, 11) is 0. The third kappa shape index (κ3) is 2.26. The Kier molecular flexibility index (Phi) is 2.97. The van der Waals surface area contributed by atoms with Gasteiger partial charge in [0.1, 0.15) is 5.84 Å². The highest BCUT2D eigenvalue weighted by molar-refractivity contribution is 6.32. The number of benzene rings is 1. The van der Waals surface area contributed by atoms with E-state index in [4.69, 9.17) is 28.3 Å². The molecule has 0 saturated carbocycles. The number of nitrogens with zero attached hydrogens (tertiary/aromatic N) is 1. The summed E-state index contributed by atoms with van der Waals surface area (Å²) >= 11 is 5.86. The topological polar surface area (TPSA) is 84.6 Å². The second kappa shape index (κ2) is 4.00. The van der Waals surface area contributed by atoms with Crippen molar-refractivity contribution in [1.29, 1.82) is 0 Å². The Bertz CT molecular complexity index is 318. The van der Waals surface area contributed by atoms with Crippen molar-refractivity contribution in [3.63, 3.8) is 0 Å². The van der Waals surface area contributed by atoms with Crippen LogP contribution in [-0.4, -0.2) is 11.0 Å². The first-order valence-corrected chi connectivity index (χ1v) is 4.02. The number of halogens is 1. The highest BCUT2D eigenvalue weighted by atomic mass is 35.5. The zero-order chi connectivity index (χ0) is 9.84. The Labute approximate surface area is 80.8 Å². The lowest BCUT2D eigenvalue weighted by Gasteiger charge is -2.05. The van der Waals surface area contributed by atoms with E-state index in [1.54, 1.807) is 18.2 Å². The van der Waals surface area contributed by atoms with E-state index in [1.165, 1.54) is 0 Å². The van der Waals surface area contributed by atoms with Crippen LogP contribution in [0.25, 0.3) is 0 Å². The minimum Gasteiger partial charge on any atom is -0.409 e. The molecule has 4 nitrogen and oxygen atoms in total. The quantitative estimate of drug-likeness (QED) is 0.220. The van der Waals surface area contributed by atoms with Gasteiger partial charge >= 0.3 is 0 Å². The van der Waals surface area contributed by atoms with Crippen molar-refractivity contribution in [2.24, 2.45) is 10.9 Å². The van der Waals surface area contributed by atoms with Crippen LogP contribution in [0.5, 0.6) is 0 Å². The molecule has 0 spiro atoms. The van der Waals surface area contributed by atoms with Crippen LogP contribution in [-0.2, 0) is 6.42 Å². The highest BCUT2D eigenvalue weighted by Crippen LogP contribution is 2.22. The zero-order valence-electron chi connectivity index (χ0n) is 6.87. The molecule has 0 radical (unpaired) electrons. The molecule has 13 heavy (non-hydrogen) atoms. The number of hydrogen-bond acceptors (Lipinski definition) is 3. The lowest BCUT2D eigenvalue weighted by molar-refractivity contribution is 0.317. The molecular weight excluding hydrogens is 190 g/mol. The standard InChI is InChI=1S/C8H10ClN3O/c9-6-2-1-3-7(10)5(6)4-8(11)12-13/h1-3,13H,4,10H2,(H2,11,12). The number of hydrogen-bond donors (Lipinski definition) is 3. The van der Waals surface area contributed by atoms with Gasteiger partial charge in [0.05, 0.1) is 0 Å². The van der Waals surface area contributed by atoms with Crippen LogP contribution in [0.4, 0.5) is 5.69 Å². The number of nitrogens with two attached hydrogens (primary N) is 2. The van der Waals surface area contributed by atoms with E-state index in [1.807, 2.05) is 0 Å². The van der Waals surface area contributed by atoms with Gasteiger partial charge in [-0.25, -0.2) is 0 Å². The summed E-state index contributed by atoms with van der Waals surface area (Å²) < 4.78 is 0. The second-order valence-corrected chi connectivity index (χ2v) is 2.98. The van der Waals surface area contributed by atoms with E-state index in [0.717, 1.165) is 0 Å².